The molecule has 1 aromatic carbocycles. The van der Waals surface area contributed by atoms with Gasteiger partial charge in [0.2, 0.25) is 11.9 Å². The Bertz CT molecular complexity index is 753. The van der Waals surface area contributed by atoms with Crippen molar-refractivity contribution in [1.82, 2.24) is 14.9 Å². The van der Waals surface area contributed by atoms with Crippen LogP contribution in [0, 0.1) is 5.82 Å². The van der Waals surface area contributed by atoms with Gasteiger partial charge < -0.3 is 15.4 Å². The minimum atomic E-state index is -0.339. The number of carbonyl (C=O) groups is 1. The molecular weight excluding hydrogens is 311 g/mol. The smallest absolute Gasteiger partial charge is 0.249 e. The highest BCUT2D eigenvalue weighted by Crippen LogP contribution is 2.36. The number of halogens is 1. The zero-order valence-electron chi connectivity index (χ0n) is 13.4. The quantitative estimate of drug-likeness (QED) is 0.929. The van der Waals surface area contributed by atoms with Crippen LogP contribution in [0.3, 0.4) is 0 Å². The third kappa shape index (κ3) is 3.21. The van der Waals surface area contributed by atoms with Gasteiger partial charge in [0.15, 0.2) is 0 Å². The Morgan fingerprint density at radius 2 is 2.33 bits per heavy atom. The molecule has 1 fully saturated rings. The molecule has 0 bridgehead atoms. The van der Waals surface area contributed by atoms with Gasteiger partial charge in [-0.15, -0.1) is 0 Å². The minimum absolute atomic E-state index is 0.0202. The molecule has 1 aliphatic rings. The normalized spacial score (nSPS) is 17.2. The van der Waals surface area contributed by atoms with Gasteiger partial charge in [-0.1, -0.05) is 12.1 Å². The number of ether oxygens (including phenoxy) is 1. The van der Waals surface area contributed by atoms with Crippen LogP contribution in [-0.4, -0.2) is 41.0 Å². The monoisotopic (exact) mass is 330 g/mol. The first-order valence-electron chi connectivity index (χ1n) is 7.77. The van der Waals surface area contributed by atoms with Gasteiger partial charge in [-0.2, -0.15) is 0 Å². The van der Waals surface area contributed by atoms with Gasteiger partial charge in [-0.05, 0) is 30.5 Å². The standard InChI is InChI=1S/C17H19FN4O2/c1-24-10-15(23)22-7-3-6-14(22)16-13(9-20-17(19)21-16)11-4-2-5-12(18)8-11/h2,4-5,8-9,14H,3,6-7,10H2,1H3,(H2,19,20,21)/t14-/m1/s1. The van der Waals surface area contributed by atoms with E-state index in [2.05, 4.69) is 9.97 Å². The molecule has 3 rings (SSSR count). The Kier molecular flexibility index (Phi) is 4.71. The van der Waals surface area contributed by atoms with E-state index in [9.17, 15) is 9.18 Å². The minimum Gasteiger partial charge on any atom is -0.375 e. The summed E-state index contributed by atoms with van der Waals surface area (Å²) >= 11 is 0. The van der Waals surface area contributed by atoms with Gasteiger partial charge in [0, 0.05) is 25.4 Å². The van der Waals surface area contributed by atoms with E-state index >= 15 is 0 Å². The number of carbonyl (C=O) groups excluding carboxylic acids is 1. The number of likely N-dealkylation sites (tertiary alicyclic amines) is 1. The van der Waals surface area contributed by atoms with Gasteiger partial charge in [0.05, 0.1) is 11.7 Å². The van der Waals surface area contributed by atoms with Crippen molar-refractivity contribution >= 4 is 11.9 Å². The van der Waals surface area contributed by atoms with Gasteiger partial charge in [-0.3, -0.25) is 4.79 Å². The molecule has 1 amide bonds. The number of amides is 1. The fourth-order valence-corrected chi connectivity index (χ4v) is 3.10. The first-order chi connectivity index (χ1) is 11.6. The summed E-state index contributed by atoms with van der Waals surface area (Å²) in [7, 11) is 1.49. The van der Waals surface area contributed by atoms with Crippen LogP contribution in [0.2, 0.25) is 0 Å². The van der Waals surface area contributed by atoms with Crippen LogP contribution in [0.15, 0.2) is 30.5 Å². The van der Waals surface area contributed by atoms with Crippen molar-refractivity contribution in [3.8, 4) is 11.1 Å². The van der Waals surface area contributed by atoms with Crippen molar-refractivity contribution in [3.63, 3.8) is 0 Å². The molecule has 126 valence electrons. The molecule has 0 radical (unpaired) electrons. The van der Waals surface area contributed by atoms with Crippen molar-refractivity contribution in [2.45, 2.75) is 18.9 Å². The van der Waals surface area contributed by atoms with Crippen molar-refractivity contribution in [3.05, 3.63) is 42.0 Å². The average molecular weight is 330 g/mol. The maximum Gasteiger partial charge on any atom is 0.249 e. The highest BCUT2D eigenvalue weighted by Gasteiger charge is 2.32. The molecule has 7 heteroatoms. The lowest BCUT2D eigenvalue weighted by molar-refractivity contribution is -0.136. The second kappa shape index (κ2) is 6.92. The van der Waals surface area contributed by atoms with Crippen molar-refractivity contribution in [2.75, 3.05) is 26.0 Å². The molecule has 24 heavy (non-hydrogen) atoms. The van der Waals surface area contributed by atoms with Gasteiger partial charge in [0.1, 0.15) is 12.4 Å². The molecule has 2 N–H and O–H groups in total. The maximum atomic E-state index is 13.6. The van der Waals surface area contributed by atoms with Crippen molar-refractivity contribution in [2.24, 2.45) is 0 Å². The Hall–Kier alpha value is -2.54. The Morgan fingerprint density at radius 1 is 1.50 bits per heavy atom. The van der Waals surface area contributed by atoms with E-state index < -0.39 is 0 Å². The molecule has 6 nitrogen and oxygen atoms in total. The third-order valence-corrected chi connectivity index (χ3v) is 4.13. The van der Waals surface area contributed by atoms with E-state index in [4.69, 9.17) is 10.5 Å². The summed E-state index contributed by atoms with van der Waals surface area (Å²) in [5, 5.41) is 0. The summed E-state index contributed by atoms with van der Waals surface area (Å²) in [6.07, 6.45) is 3.23. The SMILES string of the molecule is COCC(=O)N1CCC[C@@H]1c1nc(N)ncc1-c1cccc(F)c1. The number of hydrogen-bond donors (Lipinski definition) is 1. The fourth-order valence-electron chi connectivity index (χ4n) is 3.10. The molecule has 1 aromatic heterocycles. The highest BCUT2D eigenvalue weighted by molar-refractivity contribution is 5.79. The molecule has 2 heterocycles. The van der Waals surface area contributed by atoms with Gasteiger partial charge in [0.25, 0.3) is 0 Å². The predicted octanol–water partition coefficient (Wildman–Crippen LogP) is 2.17. The van der Waals surface area contributed by atoms with Gasteiger partial charge >= 0.3 is 0 Å². The number of benzene rings is 1. The Labute approximate surface area is 139 Å². The summed E-state index contributed by atoms with van der Waals surface area (Å²) in [6.45, 7) is 0.658. The third-order valence-electron chi connectivity index (χ3n) is 4.13. The number of hydrogen-bond acceptors (Lipinski definition) is 5. The Balaban J connectivity index is 2.03. The molecule has 1 atom stereocenters. The Morgan fingerprint density at radius 3 is 3.08 bits per heavy atom. The summed E-state index contributed by atoms with van der Waals surface area (Å²) in [5.74, 6) is -0.299. The first kappa shape index (κ1) is 16.3. The first-order valence-corrected chi connectivity index (χ1v) is 7.77. The van der Waals surface area contributed by atoms with Crippen LogP contribution in [0.5, 0.6) is 0 Å². The van der Waals surface area contributed by atoms with Crippen LogP contribution in [0.1, 0.15) is 24.6 Å². The van der Waals surface area contributed by atoms with Crippen molar-refractivity contribution in [1.29, 1.82) is 0 Å². The summed E-state index contributed by atoms with van der Waals surface area (Å²) in [6, 6.07) is 6.02. The second-order valence-corrected chi connectivity index (χ2v) is 5.72. The van der Waals surface area contributed by atoms with Crippen molar-refractivity contribution < 1.29 is 13.9 Å². The van der Waals surface area contributed by atoms with E-state index in [1.54, 1.807) is 23.2 Å². The zero-order chi connectivity index (χ0) is 17.1. The molecule has 0 spiro atoms. The number of methoxy groups -OCH3 is 1. The summed E-state index contributed by atoms with van der Waals surface area (Å²) in [4.78, 5) is 22.4. The molecular formula is C17H19FN4O2. The van der Waals surface area contributed by atoms with E-state index in [0.29, 0.717) is 23.4 Å². The molecule has 0 unspecified atom stereocenters. The topological polar surface area (TPSA) is 81.3 Å². The van der Waals surface area contributed by atoms with Crippen LogP contribution >= 0.6 is 0 Å². The van der Waals surface area contributed by atoms with E-state index in [-0.39, 0.29) is 30.3 Å². The predicted molar refractivity (Wildman–Crippen MR) is 87.4 cm³/mol. The largest absolute Gasteiger partial charge is 0.375 e. The fraction of sp³-hybridized carbons (Fsp3) is 0.353. The lowest BCUT2D eigenvalue weighted by Crippen LogP contribution is -2.34. The van der Waals surface area contributed by atoms with E-state index in [1.165, 1.54) is 19.2 Å². The molecule has 1 saturated heterocycles. The average Bonchev–Trinajstić information content (AvgIpc) is 3.04. The summed E-state index contributed by atoms with van der Waals surface area (Å²) in [5.41, 5.74) is 7.76. The van der Waals surface area contributed by atoms with Gasteiger partial charge in [-0.25, -0.2) is 14.4 Å². The molecule has 0 saturated carbocycles. The maximum absolute atomic E-state index is 13.6. The highest BCUT2D eigenvalue weighted by atomic mass is 19.1. The van der Waals surface area contributed by atoms with E-state index in [0.717, 1.165) is 12.8 Å². The molecule has 1 aliphatic heterocycles. The number of nitrogen functional groups attached to an aromatic ring is 1. The zero-order valence-corrected chi connectivity index (χ0v) is 13.4. The number of rotatable bonds is 4. The summed E-state index contributed by atoms with van der Waals surface area (Å²) < 4.78 is 18.6. The van der Waals surface area contributed by atoms with Crippen LogP contribution in [-0.2, 0) is 9.53 Å². The van der Waals surface area contributed by atoms with Crippen LogP contribution in [0.25, 0.3) is 11.1 Å². The van der Waals surface area contributed by atoms with Crippen LogP contribution < -0.4 is 5.73 Å². The molecule has 0 aliphatic carbocycles. The molecule has 2 aromatic rings. The number of nitrogens with two attached hydrogens (primary N) is 1. The van der Waals surface area contributed by atoms with E-state index in [1.807, 2.05) is 0 Å². The number of anilines is 1. The van der Waals surface area contributed by atoms with Crippen LogP contribution in [0.4, 0.5) is 10.3 Å². The number of aromatic nitrogens is 2. The second-order valence-electron chi connectivity index (χ2n) is 5.72. The number of nitrogens with zero attached hydrogens (tertiary/aromatic N) is 3. The lowest BCUT2D eigenvalue weighted by Gasteiger charge is -2.25. The lowest BCUT2D eigenvalue weighted by atomic mass is 9.99.